The van der Waals surface area contributed by atoms with Gasteiger partial charge in [0.25, 0.3) is 0 Å². The molecule has 1 saturated carbocycles. The van der Waals surface area contributed by atoms with Gasteiger partial charge in [-0.15, -0.1) is 0 Å². The average Bonchev–Trinajstić information content (AvgIpc) is 2.27. The van der Waals surface area contributed by atoms with Crippen molar-refractivity contribution in [2.75, 3.05) is 0 Å². The summed E-state index contributed by atoms with van der Waals surface area (Å²) in [6.45, 7) is 4.72. The van der Waals surface area contributed by atoms with Gasteiger partial charge in [-0.2, -0.15) is 0 Å². The Balaban J connectivity index is 2.33. The van der Waals surface area contributed by atoms with Crippen LogP contribution < -0.4 is 0 Å². The van der Waals surface area contributed by atoms with Gasteiger partial charge in [0.15, 0.2) is 0 Å². The van der Waals surface area contributed by atoms with Crippen molar-refractivity contribution in [2.24, 2.45) is 11.8 Å². The fraction of sp³-hybridized carbons (Fsp3) is 1.00. The van der Waals surface area contributed by atoms with Crippen LogP contribution in [0.5, 0.6) is 0 Å². The highest BCUT2D eigenvalue weighted by atomic mass is 14.2. The van der Waals surface area contributed by atoms with Gasteiger partial charge < -0.3 is 0 Å². The summed E-state index contributed by atoms with van der Waals surface area (Å²) in [5.74, 6) is 2.10. The van der Waals surface area contributed by atoms with Crippen LogP contribution in [0.1, 0.15) is 84.5 Å². The molecule has 0 bridgehead atoms. The van der Waals surface area contributed by atoms with Crippen LogP contribution in [0.15, 0.2) is 0 Å². The van der Waals surface area contributed by atoms with E-state index in [1.807, 2.05) is 0 Å². The molecule has 1 fully saturated rings. The molecule has 0 heterocycles. The predicted molar refractivity (Wildman–Crippen MR) is 69.1 cm³/mol. The van der Waals surface area contributed by atoms with Crippen LogP contribution in [0.25, 0.3) is 0 Å². The van der Waals surface area contributed by atoms with Gasteiger partial charge in [0.05, 0.1) is 0 Å². The molecule has 90 valence electrons. The first kappa shape index (κ1) is 13.1. The van der Waals surface area contributed by atoms with Gasteiger partial charge in [-0.05, 0) is 11.8 Å². The van der Waals surface area contributed by atoms with Crippen molar-refractivity contribution in [1.82, 2.24) is 0 Å². The third kappa shape index (κ3) is 5.58. The summed E-state index contributed by atoms with van der Waals surface area (Å²) in [5, 5.41) is 0. The Morgan fingerprint density at radius 2 is 1.33 bits per heavy atom. The maximum absolute atomic E-state index is 2.38. The van der Waals surface area contributed by atoms with E-state index in [0.717, 1.165) is 11.8 Å². The van der Waals surface area contributed by atoms with Crippen molar-refractivity contribution in [2.45, 2.75) is 84.5 Å². The lowest BCUT2D eigenvalue weighted by atomic mass is 9.84. The Morgan fingerprint density at radius 1 is 0.733 bits per heavy atom. The monoisotopic (exact) mass is 210 g/mol. The van der Waals surface area contributed by atoms with E-state index in [4.69, 9.17) is 0 Å². The molecule has 0 aromatic carbocycles. The van der Waals surface area contributed by atoms with Gasteiger partial charge in [-0.3, -0.25) is 0 Å². The molecule has 0 aromatic rings. The largest absolute Gasteiger partial charge is 0.0654 e. The topological polar surface area (TPSA) is 0 Å². The maximum atomic E-state index is 2.38. The summed E-state index contributed by atoms with van der Waals surface area (Å²) in [6, 6.07) is 0. The molecule has 0 radical (unpaired) electrons. The summed E-state index contributed by atoms with van der Waals surface area (Å²) in [5.41, 5.74) is 0. The molecule has 0 nitrogen and oxygen atoms in total. The number of rotatable bonds is 3. The summed E-state index contributed by atoms with van der Waals surface area (Å²) < 4.78 is 0. The molecule has 0 aromatic heterocycles. The van der Waals surface area contributed by atoms with Crippen LogP contribution in [0, 0.1) is 11.8 Å². The summed E-state index contributed by atoms with van der Waals surface area (Å²) >= 11 is 0. The molecule has 0 amide bonds. The van der Waals surface area contributed by atoms with Crippen LogP contribution in [0.4, 0.5) is 0 Å². The van der Waals surface area contributed by atoms with Gasteiger partial charge in [0.2, 0.25) is 0 Å². The third-order valence-electron chi connectivity index (χ3n) is 4.23. The summed E-state index contributed by atoms with van der Waals surface area (Å²) in [4.78, 5) is 0. The van der Waals surface area contributed by atoms with Crippen molar-refractivity contribution in [1.29, 1.82) is 0 Å². The van der Waals surface area contributed by atoms with Gasteiger partial charge in [0.1, 0.15) is 0 Å². The standard InChI is InChI=1S/C15H30/c1-3-9-15-11-8-6-5-7-10-14(4-2)12-13-15/h14-15H,3-13H2,1-2H3. The second kappa shape index (κ2) is 8.19. The minimum atomic E-state index is 1.04. The van der Waals surface area contributed by atoms with Crippen LogP contribution in [0.3, 0.4) is 0 Å². The molecule has 0 N–H and O–H groups in total. The van der Waals surface area contributed by atoms with Crippen LogP contribution in [-0.2, 0) is 0 Å². The van der Waals surface area contributed by atoms with E-state index in [1.165, 1.54) is 70.6 Å². The van der Waals surface area contributed by atoms with Gasteiger partial charge in [0, 0.05) is 0 Å². The molecule has 1 rings (SSSR count). The second-order valence-corrected chi connectivity index (χ2v) is 5.50. The van der Waals surface area contributed by atoms with Crippen LogP contribution >= 0.6 is 0 Å². The molecule has 0 aliphatic heterocycles. The van der Waals surface area contributed by atoms with E-state index in [9.17, 15) is 0 Å². The van der Waals surface area contributed by atoms with Crippen molar-refractivity contribution in [3.8, 4) is 0 Å². The van der Waals surface area contributed by atoms with E-state index in [1.54, 1.807) is 0 Å². The highest BCUT2D eigenvalue weighted by Gasteiger charge is 2.13. The molecule has 15 heavy (non-hydrogen) atoms. The SMILES string of the molecule is CCCC1CCCCCCC(CC)CC1. The predicted octanol–water partition coefficient (Wildman–Crippen LogP) is 5.56. The lowest BCUT2D eigenvalue weighted by molar-refractivity contribution is 0.311. The normalized spacial score (nSPS) is 30.0. The molecule has 2 atom stereocenters. The molecular formula is C15H30. The third-order valence-corrected chi connectivity index (χ3v) is 4.23. The fourth-order valence-corrected chi connectivity index (χ4v) is 3.08. The molecule has 0 spiro atoms. The van der Waals surface area contributed by atoms with E-state index in [-0.39, 0.29) is 0 Å². The van der Waals surface area contributed by atoms with Crippen LogP contribution in [-0.4, -0.2) is 0 Å². The Morgan fingerprint density at radius 3 is 1.93 bits per heavy atom. The molecule has 0 saturated heterocycles. The van der Waals surface area contributed by atoms with Crippen molar-refractivity contribution < 1.29 is 0 Å². The zero-order valence-electron chi connectivity index (χ0n) is 10.9. The smallest absolute Gasteiger partial charge is 0.0414 e. The minimum absolute atomic E-state index is 1.04. The zero-order chi connectivity index (χ0) is 10.9. The summed E-state index contributed by atoms with van der Waals surface area (Å²) in [6.07, 6.45) is 16.3. The van der Waals surface area contributed by atoms with E-state index >= 15 is 0 Å². The fourth-order valence-electron chi connectivity index (χ4n) is 3.08. The van der Waals surface area contributed by atoms with Crippen molar-refractivity contribution >= 4 is 0 Å². The van der Waals surface area contributed by atoms with Crippen LogP contribution in [0.2, 0.25) is 0 Å². The molecular weight excluding hydrogens is 180 g/mol. The molecule has 0 heteroatoms. The van der Waals surface area contributed by atoms with E-state index < -0.39 is 0 Å². The quantitative estimate of drug-likeness (QED) is 0.572. The van der Waals surface area contributed by atoms with Gasteiger partial charge >= 0.3 is 0 Å². The van der Waals surface area contributed by atoms with E-state index in [2.05, 4.69) is 13.8 Å². The van der Waals surface area contributed by atoms with Gasteiger partial charge in [-0.25, -0.2) is 0 Å². The first-order valence-electron chi connectivity index (χ1n) is 7.36. The van der Waals surface area contributed by atoms with Gasteiger partial charge in [-0.1, -0.05) is 84.5 Å². The molecule has 2 unspecified atom stereocenters. The molecule has 1 aliphatic carbocycles. The maximum Gasteiger partial charge on any atom is -0.0414 e. The number of hydrogen-bond donors (Lipinski definition) is 0. The Kier molecular flexibility index (Phi) is 7.13. The average molecular weight is 210 g/mol. The number of hydrogen-bond acceptors (Lipinski definition) is 0. The molecule has 1 aliphatic rings. The zero-order valence-corrected chi connectivity index (χ0v) is 10.9. The first-order valence-corrected chi connectivity index (χ1v) is 7.36. The Bertz CT molecular complexity index is 139. The van der Waals surface area contributed by atoms with Crippen molar-refractivity contribution in [3.05, 3.63) is 0 Å². The Labute approximate surface area is 96.8 Å². The second-order valence-electron chi connectivity index (χ2n) is 5.50. The highest BCUT2D eigenvalue weighted by molar-refractivity contribution is 4.66. The lowest BCUT2D eigenvalue weighted by Crippen LogP contribution is -2.07. The first-order chi connectivity index (χ1) is 7.36. The summed E-state index contributed by atoms with van der Waals surface area (Å²) in [7, 11) is 0. The van der Waals surface area contributed by atoms with E-state index in [0.29, 0.717) is 0 Å². The Hall–Kier alpha value is 0. The lowest BCUT2D eigenvalue weighted by Gasteiger charge is -2.22. The highest BCUT2D eigenvalue weighted by Crippen LogP contribution is 2.28. The minimum Gasteiger partial charge on any atom is -0.0654 e. The van der Waals surface area contributed by atoms with Crippen molar-refractivity contribution in [3.63, 3.8) is 0 Å².